The van der Waals surface area contributed by atoms with E-state index in [-0.39, 0.29) is 5.12 Å². The smallest absolute Gasteiger partial charge is 0.189 e. The highest BCUT2D eigenvalue weighted by Crippen LogP contribution is 2.23. The van der Waals surface area contributed by atoms with E-state index in [9.17, 15) is 4.79 Å². The van der Waals surface area contributed by atoms with E-state index in [0.717, 1.165) is 19.6 Å². The molecule has 112 valence electrons. The number of likely N-dealkylation sites (tertiary alicyclic amines) is 1. The maximum absolute atomic E-state index is 11.4. The number of rotatable bonds is 5. The van der Waals surface area contributed by atoms with Crippen molar-refractivity contribution >= 4 is 16.9 Å². The summed E-state index contributed by atoms with van der Waals surface area (Å²) in [6.45, 7) is 7.40. The zero-order chi connectivity index (χ0) is 14.5. The van der Waals surface area contributed by atoms with E-state index >= 15 is 0 Å². The van der Waals surface area contributed by atoms with Crippen LogP contribution in [-0.4, -0.2) is 45.7 Å². The van der Waals surface area contributed by atoms with Gasteiger partial charge in [-0.1, -0.05) is 25.6 Å². The number of aromatic nitrogens is 2. The Hall–Kier alpha value is -0.810. The average Bonchev–Trinajstić information content (AvgIpc) is 2.95. The van der Waals surface area contributed by atoms with E-state index in [0.29, 0.717) is 18.4 Å². The molecule has 0 spiro atoms. The van der Waals surface area contributed by atoms with E-state index in [2.05, 4.69) is 34.7 Å². The summed E-state index contributed by atoms with van der Waals surface area (Å²) in [6.07, 6.45) is 9.07. The first-order valence-electron chi connectivity index (χ1n) is 7.43. The molecular formula is C15H25N3OS. The van der Waals surface area contributed by atoms with Gasteiger partial charge in [-0.25, -0.2) is 0 Å². The molecule has 0 N–H and O–H groups in total. The van der Waals surface area contributed by atoms with Crippen molar-refractivity contribution in [1.82, 2.24) is 14.7 Å². The van der Waals surface area contributed by atoms with E-state index in [4.69, 9.17) is 0 Å². The second-order valence-electron chi connectivity index (χ2n) is 5.83. The first-order valence-corrected chi connectivity index (χ1v) is 8.66. The molecule has 1 unspecified atom stereocenters. The molecule has 0 radical (unpaired) electrons. The molecule has 1 aliphatic rings. The molecule has 2 heterocycles. The minimum Gasteiger partial charge on any atom is -0.301 e. The Morgan fingerprint density at radius 1 is 1.55 bits per heavy atom. The fourth-order valence-corrected chi connectivity index (χ4v) is 2.95. The third-order valence-electron chi connectivity index (χ3n) is 4.00. The van der Waals surface area contributed by atoms with Crippen LogP contribution in [0.15, 0.2) is 12.4 Å². The summed E-state index contributed by atoms with van der Waals surface area (Å²) < 4.78 is 2.12. The van der Waals surface area contributed by atoms with Gasteiger partial charge in [0.2, 0.25) is 0 Å². The van der Waals surface area contributed by atoms with Crippen LogP contribution >= 0.6 is 11.8 Å². The SMILES string of the molecule is CSC(=O)CCN1CCCC(n2cc(C(C)C)cn2)C1. The third kappa shape index (κ3) is 4.09. The quantitative estimate of drug-likeness (QED) is 0.837. The highest BCUT2D eigenvalue weighted by molar-refractivity contribution is 8.13. The van der Waals surface area contributed by atoms with Gasteiger partial charge in [0.15, 0.2) is 5.12 Å². The summed E-state index contributed by atoms with van der Waals surface area (Å²) in [5.41, 5.74) is 1.31. The molecule has 5 heteroatoms. The predicted octanol–water partition coefficient (Wildman–Crippen LogP) is 2.92. The fraction of sp³-hybridized carbons (Fsp3) is 0.733. The van der Waals surface area contributed by atoms with Crippen LogP contribution in [0.5, 0.6) is 0 Å². The molecule has 0 bridgehead atoms. The molecule has 20 heavy (non-hydrogen) atoms. The largest absolute Gasteiger partial charge is 0.301 e. The maximum atomic E-state index is 11.4. The Morgan fingerprint density at radius 3 is 3.00 bits per heavy atom. The lowest BCUT2D eigenvalue weighted by molar-refractivity contribution is -0.111. The minimum absolute atomic E-state index is 0.285. The Morgan fingerprint density at radius 2 is 2.35 bits per heavy atom. The van der Waals surface area contributed by atoms with Crippen molar-refractivity contribution in [3.05, 3.63) is 18.0 Å². The normalized spacial score (nSPS) is 20.5. The molecule has 0 aromatic carbocycles. The molecule has 1 saturated heterocycles. The molecule has 0 aliphatic carbocycles. The van der Waals surface area contributed by atoms with E-state index in [1.807, 2.05) is 12.5 Å². The van der Waals surface area contributed by atoms with E-state index in [1.165, 1.54) is 30.2 Å². The molecule has 1 aromatic rings. The van der Waals surface area contributed by atoms with Gasteiger partial charge >= 0.3 is 0 Å². The molecule has 1 aromatic heterocycles. The van der Waals surface area contributed by atoms with Crippen molar-refractivity contribution in [3.63, 3.8) is 0 Å². The Balaban J connectivity index is 1.90. The number of carbonyl (C=O) groups excluding carboxylic acids is 1. The first kappa shape index (κ1) is 15.6. The molecular weight excluding hydrogens is 270 g/mol. The number of carbonyl (C=O) groups is 1. The number of hydrogen-bond donors (Lipinski definition) is 0. The molecule has 1 aliphatic heterocycles. The van der Waals surface area contributed by atoms with Crippen LogP contribution in [0.4, 0.5) is 0 Å². The molecule has 1 atom stereocenters. The van der Waals surface area contributed by atoms with Gasteiger partial charge in [-0.15, -0.1) is 0 Å². The number of nitrogens with zero attached hydrogens (tertiary/aromatic N) is 3. The van der Waals surface area contributed by atoms with Gasteiger partial charge in [0.05, 0.1) is 12.2 Å². The van der Waals surface area contributed by atoms with Crippen molar-refractivity contribution in [2.24, 2.45) is 0 Å². The van der Waals surface area contributed by atoms with E-state index in [1.54, 1.807) is 0 Å². The van der Waals surface area contributed by atoms with Crippen molar-refractivity contribution in [2.75, 3.05) is 25.9 Å². The van der Waals surface area contributed by atoms with Gasteiger partial charge in [-0.2, -0.15) is 5.10 Å². The summed E-state index contributed by atoms with van der Waals surface area (Å²) in [5.74, 6) is 0.530. The van der Waals surface area contributed by atoms with Gasteiger partial charge in [0, 0.05) is 25.7 Å². The van der Waals surface area contributed by atoms with Crippen LogP contribution in [0.1, 0.15) is 50.6 Å². The first-order chi connectivity index (χ1) is 9.60. The summed E-state index contributed by atoms with van der Waals surface area (Å²) in [4.78, 5) is 13.8. The van der Waals surface area contributed by atoms with Crippen molar-refractivity contribution in [1.29, 1.82) is 0 Å². The standard InChI is InChI=1S/C15H25N3OS/c1-12(2)13-9-16-18(10-13)14-5-4-7-17(11-14)8-6-15(19)20-3/h9-10,12,14H,4-8,11H2,1-3H3. The second kappa shape index (κ2) is 7.27. The topological polar surface area (TPSA) is 38.1 Å². The lowest BCUT2D eigenvalue weighted by atomic mass is 10.1. The Labute approximate surface area is 125 Å². The highest BCUT2D eigenvalue weighted by Gasteiger charge is 2.22. The van der Waals surface area contributed by atoms with Crippen molar-refractivity contribution in [3.8, 4) is 0 Å². The monoisotopic (exact) mass is 295 g/mol. The Kier molecular flexibility index (Phi) is 5.66. The van der Waals surface area contributed by atoms with Crippen LogP contribution in [0.25, 0.3) is 0 Å². The summed E-state index contributed by atoms with van der Waals surface area (Å²) in [6, 6.07) is 0.459. The van der Waals surface area contributed by atoms with Crippen LogP contribution in [0, 0.1) is 0 Å². The predicted molar refractivity (Wildman–Crippen MR) is 84.2 cm³/mol. The number of thioether (sulfide) groups is 1. The molecule has 1 fully saturated rings. The third-order valence-corrected chi connectivity index (χ3v) is 4.66. The number of piperidine rings is 1. The average molecular weight is 295 g/mol. The van der Waals surface area contributed by atoms with E-state index < -0.39 is 0 Å². The van der Waals surface area contributed by atoms with Crippen LogP contribution in [0.2, 0.25) is 0 Å². The minimum atomic E-state index is 0.285. The molecule has 0 saturated carbocycles. The molecule has 4 nitrogen and oxygen atoms in total. The maximum Gasteiger partial charge on any atom is 0.189 e. The van der Waals surface area contributed by atoms with Gasteiger partial charge in [0.1, 0.15) is 0 Å². The zero-order valence-corrected chi connectivity index (χ0v) is 13.5. The van der Waals surface area contributed by atoms with Crippen LogP contribution < -0.4 is 0 Å². The van der Waals surface area contributed by atoms with Gasteiger partial charge in [-0.3, -0.25) is 9.48 Å². The van der Waals surface area contributed by atoms with Crippen LogP contribution in [-0.2, 0) is 4.79 Å². The second-order valence-corrected chi connectivity index (χ2v) is 6.69. The number of hydrogen-bond acceptors (Lipinski definition) is 4. The molecule has 0 amide bonds. The summed E-state index contributed by atoms with van der Waals surface area (Å²) in [5, 5.41) is 4.81. The van der Waals surface area contributed by atoms with Gasteiger partial charge in [-0.05, 0) is 37.1 Å². The lowest BCUT2D eigenvalue weighted by Crippen LogP contribution is -2.37. The highest BCUT2D eigenvalue weighted by atomic mass is 32.2. The zero-order valence-electron chi connectivity index (χ0n) is 12.7. The summed E-state index contributed by atoms with van der Waals surface area (Å²) in [7, 11) is 0. The van der Waals surface area contributed by atoms with Gasteiger partial charge < -0.3 is 4.90 Å². The van der Waals surface area contributed by atoms with Crippen LogP contribution in [0.3, 0.4) is 0 Å². The van der Waals surface area contributed by atoms with Crippen molar-refractivity contribution in [2.45, 2.75) is 45.1 Å². The van der Waals surface area contributed by atoms with Crippen molar-refractivity contribution < 1.29 is 4.79 Å². The van der Waals surface area contributed by atoms with Gasteiger partial charge in [0.25, 0.3) is 0 Å². The fourth-order valence-electron chi connectivity index (χ4n) is 2.65. The summed E-state index contributed by atoms with van der Waals surface area (Å²) >= 11 is 1.33. The Bertz CT molecular complexity index is 444. The lowest BCUT2D eigenvalue weighted by Gasteiger charge is -2.32. The molecule has 2 rings (SSSR count).